The molecular formula is C14H10F6N2O2. The minimum Gasteiger partial charge on any atom is -0.506 e. The van der Waals surface area contributed by atoms with Crippen molar-refractivity contribution in [3.05, 3.63) is 35.4 Å². The number of hydrogen-bond donors (Lipinski definition) is 4. The third-order valence-electron chi connectivity index (χ3n) is 3.26. The Morgan fingerprint density at radius 1 is 0.625 bits per heavy atom. The van der Waals surface area contributed by atoms with Crippen molar-refractivity contribution in [2.24, 2.45) is 0 Å². The summed E-state index contributed by atoms with van der Waals surface area (Å²) >= 11 is 0. The van der Waals surface area contributed by atoms with Crippen molar-refractivity contribution < 1.29 is 36.6 Å². The topological polar surface area (TPSA) is 92.5 Å². The molecule has 0 fully saturated rings. The number of nitrogens with two attached hydrogens (primary N) is 2. The van der Waals surface area contributed by atoms with Gasteiger partial charge < -0.3 is 21.7 Å². The van der Waals surface area contributed by atoms with Gasteiger partial charge in [0.2, 0.25) is 0 Å². The number of anilines is 2. The van der Waals surface area contributed by atoms with Gasteiger partial charge in [-0.1, -0.05) is 0 Å². The summed E-state index contributed by atoms with van der Waals surface area (Å²) in [5.74, 6) is -1.91. The second-order valence-corrected chi connectivity index (χ2v) is 4.91. The lowest BCUT2D eigenvalue weighted by Crippen LogP contribution is -2.10. The van der Waals surface area contributed by atoms with Gasteiger partial charge in [-0.15, -0.1) is 0 Å². The molecule has 2 rings (SSSR count). The average Bonchev–Trinajstić information content (AvgIpc) is 2.41. The number of alkyl halides is 6. The molecule has 24 heavy (non-hydrogen) atoms. The summed E-state index contributed by atoms with van der Waals surface area (Å²) < 4.78 is 77.4. The SMILES string of the molecule is Nc1c(O)cc(-c2cc(O)c(N)c(C(F)(F)F)c2)cc1C(F)(F)F. The number of rotatable bonds is 1. The first kappa shape index (κ1) is 17.6. The molecular weight excluding hydrogens is 342 g/mol. The van der Waals surface area contributed by atoms with Crippen LogP contribution in [0.4, 0.5) is 37.7 Å². The molecule has 2 aromatic carbocycles. The van der Waals surface area contributed by atoms with Crippen LogP contribution in [0.1, 0.15) is 11.1 Å². The molecule has 0 atom stereocenters. The molecule has 0 aliphatic heterocycles. The Hall–Kier alpha value is -2.78. The van der Waals surface area contributed by atoms with Crippen LogP contribution in [0.25, 0.3) is 11.1 Å². The van der Waals surface area contributed by atoms with Crippen molar-refractivity contribution in [1.82, 2.24) is 0 Å². The summed E-state index contributed by atoms with van der Waals surface area (Å²) in [5.41, 5.74) is 4.71. The fourth-order valence-electron chi connectivity index (χ4n) is 2.08. The molecule has 0 bridgehead atoms. The van der Waals surface area contributed by atoms with E-state index in [1.807, 2.05) is 0 Å². The zero-order chi connectivity index (χ0) is 18.4. The van der Waals surface area contributed by atoms with Crippen LogP contribution in [0.2, 0.25) is 0 Å². The number of hydrogen-bond acceptors (Lipinski definition) is 4. The maximum Gasteiger partial charge on any atom is 0.418 e. The molecule has 0 saturated heterocycles. The maximum absolute atomic E-state index is 12.9. The largest absolute Gasteiger partial charge is 0.506 e. The average molecular weight is 352 g/mol. The molecule has 6 N–H and O–H groups in total. The van der Waals surface area contributed by atoms with Crippen LogP contribution < -0.4 is 11.5 Å². The summed E-state index contributed by atoms with van der Waals surface area (Å²) in [7, 11) is 0. The molecule has 0 saturated carbocycles. The van der Waals surface area contributed by atoms with Gasteiger partial charge in [0, 0.05) is 0 Å². The Balaban J connectivity index is 2.74. The first-order valence-electron chi connectivity index (χ1n) is 6.22. The molecule has 4 nitrogen and oxygen atoms in total. The van der Waals surface area contributed by atoms with Gasteiger partial charge in [0.05, 0.1) is 22.5 Å². The highest BCUT2D eigenvalue weighted by Crippen LogP contribution is 2.44. The van der Waals surface area contributed by atoms with E-state index in [0.717, 1.165) is 12.1 Å². The summed E-state index contributed by atoms with van der Waals surface area (Å²) in [6, 6.07) is 2.46. The molecule has 0 heterocycles. The Bertz CT molecular complexity index is 732. The molecule has 2 aromatic rings. The molecule has 0 radical (unpaired) electrons. The Morgan fingerprint density at radius 2 is 0.917 bits per heavy atom. The third-order valence-corrected chi connectivity index (χ3v) is 3.26. The fourth-order valence-corrected chi connectivity index (χ4v) is 2.08. The number of benzene rings is 2. The molecule has 130 valence electrons. The second-order valence-electron chi connectivity index (χ2n) is 4.91. The van der Waals surface area contributed by atoms with Crippen molar-refractivity contribution in [3.8, 4) is 22.6 Å². The lowest BCUT2D eigenvalue weighted by atomic mass is 9.97. The van der Waals surface area contributed by atoms with Crippen LogP contribution in [0.3, 0.4) is 0 Å². The van der Waals surface area contributed by atoms with Crippen molar-refractivity contribution in [2.45, 2.75) is 12.4 Å². The standard InChI is InChI=1S/C14H10F6N2O2/c15-13(16,17)7-1-5(3-9(23)11(7)21)6-2-8(14(18,19)20)12(22)10(24)4-6/h1-4,23-24H,21-22H2. The van der Waals surface area contributed by atoms with Crippen LogP contribution in [-0.2, 0) is 12.4 Å². The Labute approximate surface area is 130 Å². The van der Waals surface area contributed by atoms with Crippen LogP contribution in [0.5, 0.6) is 11.5 Å². The predicted molar refractivity (Wildman–Crippen MR) is 74.0 cm³/mol. The van der Waals surface area contributed by atoms with Gasteiger partial charge in [0.1, 0.15) is 11.5 Å². The highest BCUT2D eigenvalue weighted by atomic mass is 19.4. The smallest absolute Gasteiger partial charge is 0.418 e. The minimum atomic E-state index is -4.93. The number of nitrogen functional groups attached to an aromatic ring is 2. The first-order chi connectivity index (χ1) is 10.8. The number of phenolic OH excluding ortho intramolecular Hbond substituents is 2. The lowest BCUT2D eigenvalue weighted by molar-refractivity contribution is -0.137. The van der Waals surface area contributed by atoms with Crippen molar-refractivity contribution >= 4 is 11.4 Å². The molecule has 0 amide bonds. The molecule has 10 heteroatoms. The van der Waals surface area contributed by atoms with E-state index in [4.69, 9.17) is 11.5 Å². The van der Waals surface area contributed by atoms with Gasteiger partial charge in [-0.2, -0.15) is 26.3 Å². The quantitative estimate of drug-likeness (QED) is 0.355. The van der Waals surface area contributed by atoms with Gasteiger partial charge >= 0.3 is 12.4 Å². The van der Waals surface area contributed by atoms with Crippen LogP contribution in [0, 0.1) is 0 Å². The van der Waals surface area contributed by atoms with Crippen molar-refractivity contribution in [1.29, 1.82) is 0 Å². The van der Waals surface area contributed by atoms with E-state index in [9.17, 15) is 36.6 Å². The van der Waals surface area contributed by atoms with E-state index in [2.05, 4.69) is 0 Å². The van der Waals surface area contributed by atoms with E-state index in [1.54, 1.807) is 0 Å². The van der Waals surface area contributed by atoms with Crippen molar-refractivity contribution in [2.75, 3.05) is 11.5 Å². The summed E-state index contributed by atoms with van der Waals surface area (Å²) in [4.78, 5) is 0. The van der Waals surface area contributed by atoms with Gasteiger partial charge in [0.25, 0.3) is 0 Å². The number of phenols is 2. The molecule has 0 unspecified atom stereocenters. The number of halogens is 6. The Kier molecular flexibility index (Phi) is 3.95. The first-order valence-corrected chi connectivity index (χ1v) is 6.22. The lowest BCUT2D eigenvalue weighted by Gasteiger charge is -2.16. The van der Waals surface area contributed by atoms with Crippen LogP contribution >= 0.6 is 0 Å². The Morgan fingerprint density at radius 3 is 1.17 bits per heavy atom. The summed E-state index contributed by atoms with van der Waals surface area (Å²) in [5, 5.41) is 19.0. The monoisotopic (exact) mass is 352 g/mol. The molecule has 0 aliphatic rings. The fraction of sp³-hybridized carbons (Fsp3) is 0.143. The third kappa shape index (κ3) is 3.12. The highest BCUT2D eigenvalue weighted by molar-refractivity contribution is 5.77. The maximum atomic E-state index is 12.9. The van der Waals surface area contributed by atoms with E-state index < -0.39 is 57.5 Å². The normalized spacial score (nSPS) is 12.4. The van der Waals surface area contributed by atoms with E-state index in [-0.39, 0.29) is 0 Å². The molecule has 0 aromatic heterocycles. The highest BCUT2D eigenvalue weighted by Gasteiger charge is 2.36. The van der Waals surface area contributed by atoms with Gasteiger partial charge in [-0.3, -0.25) is 0 Å². The van der Waals surface area contributed by atoms with Gasteiger partial charge in [0.15, 0.2) is 0 Å². The van der Waals surface area contributed by atoms with Crippen LogP contribution in [-0.4, -0.2) is 10.2 Å². The molecule has 0 aliphatic carbocycles. The van der Waals surface area contributed by atoms with Crippen molar-refractivity contribution in [3.63, 3.8) is 0 Å². The van der Waals surface area contributed by atoms with E-state index >= 15 is 0 Å². The molecule has 0 spiro atoms. The summed E-state index contributed by atoms with van der Waals surface area (Å²) in [6.07, 6.45) is -9.86. The van der Waals surface area contributed by atoms with Crippen LogP contribution in [0.15, 0.2) is 24.3 Å². The zero-order valence-electron chi connectivity index (χ0n) is 11.6. The number of aromatic hydroxyl groups is 2. The van der Waals surface area contributed by atoms with E-state index in [0.29, 0.717) is 12.1 Å². The zero-order valence-corrected chi connectivity index (χ0v) is 11.6. The predicted octanol–water partition coefficient (Wildman–Crippen LogP) is 3.97. The van der Waals surface area contributed by atoms with E-state index in [1.165, 1.54) is 0 Å². The van der Waals surface area contributed by atoms with Gasteiger partial charge in [-0.25, -0.2) is 0 Å². The second kappa shape index (κ2) is 5.39. The minimum absolute atomic E-state index is 0.421. The summed E-state index contributed by atoms with van der Waals surface area (Å²) in [6.45, 7) is 0. The van der Waals surface area contributed by atoms with Gasteiger partial charge in [-0.05, 0) is 35.4 Å².